The molecule has 0 unspecified atom stereocenters. The zero-order valence-electron chi connectivity index (χ0n) is 9.75. The molecule has 0 bridgehead atoms. The molecule has 0 radical (unpaired) electrons. The third-order valence-electron chi connectivity index (χ3n) is 1.90. The number of carbonyl (C=O) groups is 1. The van der Waals surface area contributed by atoms with Gasteiger partial charge in [-0.2, -0.15) is 0 Å². The van der Waals surface area contributed by atoms with E-state index in [2.05, 4.69) is 27.4 Å². The van der Waals surface area contributed by atoms with Crippen LogP contribution in [0.1, 0.15) is 36.2 Å². The van der Waals surface area contributed by atoms with Crippen molar-refractivity contribution in [1.29, 1.82) is 0 Å². The second-order valence-electron chi connectivity index (χ2n) is 3.47. The van der Waals surface area contributed by atoms with E-state index in [1.165, 1.54) is 0 Å². The highest BCUT2D eigenvalue weighted by Gasteiger charge is 2.09. The molecular weight excluding hydrogens is 208 g/mol. The number of H-pyrrole nitrogens is 1. The van der Waals surface area contributed by atoms with Gasteiger partial charge in [0, 0.05) is 19.8 Å². The fraction of sp³-hybridized carbons (Fsp3) is 0.700. The molecule has 1 heterocycles. The van der Waals surface area contributed by atoms with Crippen molar-refractivity contribution in [3.8, 4) is 0 Å². The Morgan fingerprint density at radius 1 is 1.50 bits per heavy atom. The van der Waals surface area contributed by atoms with Crippen LogP contribution in [-0.2, 0) is 4.74 Å². The van der Waals surface area contributed by atoms with Crippen molar-refractivity contribution < 1.29 is 9.53 Å². The lowest BCUT2D eigenvalue weighted by Crippen LogP contribution is -2.26. The summed E-state index contributed by atoms with van der Waals surface area (Å²) < 4.78 is 5.29. The second-order valence-corrected chi connectivity index (χ2v) is 3.47. The van der Waals surface area contributed by atoms with Gasteiger partial charge in [0.05, 0.1) is 0 Å². The van der Waals surface area contributed by atoms with Crippen molar-refractivity contribution in [1.82, 2.24) is 20.5 Å². The first-order chi connectivity index (χ1) is 7.74. The minimum absolute atomic E-state index is 0.187. The summed E-state index contributed by atoms with van der Waals surface area (Å²) in [5.74, 6) is 0.572. The van der Waals surface area contributed by atoms with Gasteiger partial charge in [-0.25, -0.2) is 4.98 Å². The van der Waals surface area contributed by atoms with Crippen molar-refractivity contribution in [2.45, 2.75) is 26.7 Å². The molecule has 1 aromatic rings. The number of nitrogens with one attached hydrogen (secondary N) is 2. The van der Waals surface area contributed by atoms with Crippen molar-refractivity contribution in [2.24, 2.45) is 0 Å². The largest absolute Gasteiger partial charge is 0.381 e. The molecule has 0 aliphatic rings. The van der Waals surface area contributed by atoms with Crippen LogP contribution in [0.5, 0.6) is 0 Å². The first-order valence-electron chi connectivity index (χ1n) is 5.49. The number of aryl methyl sites for hydroxylation is 1. The highest BCUT2D eigenvalue weighted by atomic mass is 16.5. The maximum Gasteiger partial charge on any atom is 0.290 e. The van der Waals surface area contributed by atoms with Crippen LogP contribution in [0, 0.1) is 6.92 Å². The Bertz CT molecular complexity index is 324. The van der Waals surface area contributed by atoms with Gasteiger partial charge in [0.15, 0.2) is 0 Å². The minimum atomic E-state index is -0.250. The minimum Gasteiger partial charge on any atom is -0.381 e. The van der Waals surface area contributed by atoms with Crippen LogP contribution in [-0.4, -0.2) is 40.8 Å². The Morgan fingerprint density at radius 2 is 2.31 bits per heavy atom. The Hall–Kier alpha value is -1.43. The summed E-state index contributed by atoms with van der Waals surface area (Å²) in [6, 6.07) is 0. The van der Waals surface area contributed by atoms with Gasteiger partial charge in [0.2, 0.25) is 5.82 Å². The molecule has 0 aliphatic heterocycles. The van der Waals surface area contributed by atoms with Crippen LogP contribution in [0.15, 0.2) is 0 Å². The van der Waals surface area contributed by atoms with Crippen molar-refractivity contribution in [2.75, 3.05) is 19.8 Å². The molecule has 90 valence electrons. The first kappa shape index (κ1) is 12.6. The number of rotatable bonds is 7. The smallest absolute Gasteiger partial charge is 0.290 e. The first-order valence-corrected chi connectivity index (χ1v) is 5.49. The molecule has 1 aromatic heterocycles. The third kappa shape index (κ3) is 4.39. The van der Waals surface area contributed by atoms with Crippen LogP contribution in [0.3, 0.4) is 0 Å². The van der Waals surface area contributed by atoms with E-state index >= 15 is 0 Å². The molecule has 0 atom stereocenters. The van der Waals surface area contributed by atoms with Gasteiger partial charge in [-0.05, 0) is 19.8 Å². The lowest BCUT2D eigenvalue weighted by molar-refractivity contribution is 0.0931. The lowest BCUT2D eigenvalue weighted by atomic mass is 10.4. The summed E-state index contributed by atoms with van der Waals surface area (Å²) in [7, 11) is 0. The number of hydrogen-bond donors (Lipinski definition) is 2. The van der Waals surface area contributed by atoms with Gasteiger partial charge < -0.3 is 10.1 Å². The van der Waals surface area contributed by atoms with E-state index in [4.69, 9.17) is 4.74 Å². The number of amides is 1. The van der Waals surface area contributed by atoms with Gasteiger partial charge >= 0.3 is 0 Å². The second kappa shape index (κ2) is 6.95. The average Bonchev–Trinajstić information content (AvgIpc) is 2.70. The predicted molar refractivity (Wildman–Crippen MR) is 59.2 cm³/mol. The number of nitrogens with zero attached hydrogens (tertiary/aromatic N) is 2. The van der Waals surface area contributed by atoms with Gasteiger partial charge in [0.1, 0.15) is 5.82 Å². The molecule has 0 fully saturated rings. The molecule has 0 saturated carbocycles. The summed E-state index contributed by atoms with van der Waals surface area (Å²) >= 11 is 0. The summed E-state index contributed by atoms with van der Waals surface area (Å²) in [4.78, 5) is 15.4. The zero-order chi connectivity index (χ0) is 11.8. The van der Waals surface area contributed by atoms with Gasteiger partial charge in [0.25, 0.3) is 5.91 Å². The lowest BCUT2D eigenvalue weighted by Gasteiger charge is -2.03. The zero-order valence-corrected chi connectivity index (χ0v) is 9.75. The third-order valence-corrected chi connectivity index (χ3v) is 1.90. The molecule has 0 aromatic carbocycles. The maximum atomic E-state index is 11.4. The number of ether oxygens (including phenoxy) is 1. The van der Waals surface area contributed by atoms with Crippen LogP contribution < -0.4 is 5.32 Å². The number of carbonyl (C=O) groups excluding carboxylic acids is 1. The maximum absolute atomic E-state index is 11.4. The standard InChI is InChI=1S/C10H18N4O2/c1-3-6-16-7-4-5-11-10(15)9-12-8(2)13-14-9/h3-7H2,1-2H3,(H,11,15)(H,12,13,14). The topological polar surface area (TPSA) is 79.9 Å². The Kier molecular flexibility index (Phi) is 5.49. The highest BCUT2D eigenvalue weighted by molar-refractivity contribution is 5.90. The molecule has 1 amide bonds. The molecule has 1 rings (SSSR count). The molecule has 0 spiro atoms. The van der Waals surface area contributed by atoms with E-state index in [0.717, 1.165) is 19.4 Å². The van der Waals surface area contributed by atoms with Crippen LogP contribution >= 0.6 is 0 Å². The van der Waals surface area contributed by atoms with Crippen molar-refractivity contribution in [3.63, 3.8) is 0 Å². The molecule has 16 heavy (non-hydrogen) atoms. The van der Waals surface area contributed by atoms with Crippen LogP contribution in [0.2, 0.25) is 0 Å². The average molecular weight is 226 g/mol. The Balaban J connectivity index is 2.11. The number of aromatic amines is 1. The van der Waals surface area contributed by atoms with E-state index in [1.54, 1.807) is 6.92 Å². The summed E-state index contributed by atoms with van der Waals surface area (Å²) in [5.41, 5.74) is 0. The molecule has 6 nitrogen and oxygen atoms in total. The van der Waals surface area contributed by atoms with E-state index in [0.29, 0.717) is 19.0 Å². The highest BCUT2D eigenvalue weighted by Crippen LogP contribution is 1.90. The van der Waals surface area contributed by atoms with E-state index in [1.807, 2.05) is 0 Å². The Labute approximate surface area is 94.8 Å². The normalized spacial score (nSPS) is 10.4. The van der Waals surface area contributed by atoms with E-state index < -0.39 is 0 Å². The fourth-order valence-corrected chi connectivity index (χ4v) is 1.15. The monoisotopic (exact) mass is 226 g/mol. The number of aromatic nitrogens is 3. The number of hydrogen-bond acceptors (Lipinski definition) is 4. The SMILES string of the molecule is CCCOCCCNC(=O)c1n[nH]c(C)n1. The summed E-state index contributed by atoms with van der Waals surface area (Å²) in [6.45, 7) is 5.83. The Morgan fingerprint density at radius 3 is 2.94 bits per heavy atom. The quantitative estimate of drug-likeness (QED) is 0.669. The molecule has 6 heteroatoms. The van der Waals surface area contributed by atoms with Gasteiger partial charge in [-0.15, -0.1) is 5.10 Å². The molecule has 0 saturated heterocycles. The van der Waals surface area contributed by atoms with Gasteiger partial charge in [-0.3, -0.25) is 9.89 Å². The van der Waals surface area contributed by atoms with E-state index in [9.17, 15) is 4.79 Å². The molecule has 0 aliphatic carbocycles. The van der Waals surface area contributed by atoms with E-state index in [-0.39, 0.29) is 11.7 Å². The van der Waals surface area contributed by atoms with Crippen LogP contribution in [0.25, 0.3) is 0 Å². The van der Waals surface area contributed by atoms with Crippen molar-refractivity contribution >= 4 is 5.91 Å². The molecular formula is C10H18N4O2. The summed E-state index contributed by atoms with van der Waals surface area (Å²) in [6.07, 6.45) is 1.82. The molecule has 2 N–H and O–H groups in total. The van der Waals surface area contributed by atoms with Gasteiger partial charge in [-0.1, -0.05) is 6.92 Å². The van der Waals surface area contributed by atoms with Crippen LogP contribution in [0.4, 0.5) is 0 Å². The van der Waals surface area contributed by atoms with Crippen molar-refractivity contribution in [3.05, 3.63) is 11.6 Å². The fourth-order valence-electron chi connectivity index (χ4n) is 1.15. The summed E-state index contributed by atoms with van der Waals surface area (Å²) in [5, 5.41) is 9.11. The predicted octanol–water partition coefficient (Wildman–Crippen LogP) is 0.660.